The quantitative estimate of drug-likeness (QED) is 0.565. The smallest absolute Gasteiger partial charge is 0.295 e. The first-order valence-electron chi connectivity index (χ1n) is 3.68. The van der Waals surface area contributed by atoms with Gasteiger partial charge >= 0.3 is 0 Å². The van der Waals surface area contributed by atoms with E-state index in [0.29, 0.717) is 11.3 Å². The number of benzene rings is 1. The molecule has 0 aliphatic rings. The van der Waals surface area contributed by atoms with E-state index in [4.69, 9.17) is 0 Å². The van der Waals surface area contributed by atoms with Crippen LogP contribution < -0.4 is 5.32 Å². The van der Waals surface area contributed by atoms with Gasteiger partial charge in [0.2, 0.25) is 0 Å². The lowest BCUT2D eigenvalue weighted by Crippen LogP contribution is -1.98. The monoisotopic (exact) mass is 184 g/mol. The van der Waals surface area contributed by atoms with Crippen LogP contribution in [0.2, 0.25) is 0 Å². The first-order valence-corrected chi connectivity index (χ1v) is 3.68. The Balaban J connectivity index is 3.33. The standard InChI is InChI=1S/C8H9FN2O2/c1-5-3-7(10-2)8(11(12)13)4-6(5)9/h3-4,10H,1-2H3. The van der Waals surface area contributed by atoms with E-state index >= 15 is 0 Å². The van der Waals surface area contributed by atoms with Crippen LogP contribution in [0.3, 0.4) is 0 Å². The molecule has 1 aromatic rings. The molecule has 0 saturated heterocycles. The average Bonchev–Trinajstić information content (AvgIpc) is 2.08. The average molecular weight is 184 g/mol. The molecule has 0 heterocycles. The van der Waals surface area contributed by atoms with Crippen molar-refractivity contribution in [3.05, 3.63) is 33.6 Å². The van der Waals surface area contributed by atoms with E-state index in [9.17, 15) is 14.5 Å². The van der Waals surface area contributed by atoms with Crippen molar-refractivity contribution in [2.24, 2.45) is 0 Å². The number of nitrogens with zero attached hydrogens (tertiary/aromatic N) is 1. The van der Waals surface area contributed by atoms with E-state index < -0.39 is 10.7 Å². The molecule has 0 bridgehead atoms. The lowest BCUT2D eigenvalue weighted by molar-refractivity contribution is -0.384. The number of nitro benzene ring substituents is 1. The predicted octanol–water partition coefficient (Wildman–Crippen LogP) is 2.08. The normalized spacial score (nSPS) is 9.77. The molecule has 5 heteroatoms. The summed E-state index contributed by atoms with van der Waals surface area (Å²) in [5.74, 6) is -0.564. The number of nitrogens with one attached hydrogen (secondary N) is 1. The molecule has 0 unspecified atom stereocenters. The maximum Gasteiger partial charge on any atom is 0.295 e. The summed E-state index contributed by atoms with van der Waals surface area (Å²) in [6.45, 7) is 1.56. The van der Waals surface area contributed by atoms with Gasteiger partial charge in [-0.15, -0.1) is 0 Å². The zero-order valence-corrected chi connectivity index (χ0v) is 7.30. The summed E-state index contributed by atoms with van der Waals surface area (Å²) in [6, 6.07) is 2.33. The van der Waals surface area contributed by atoms with E-state index in [0.717, 1.165) is 6.07 Å². The molecule has 13 heavy (non-hydrogen) atoms. The van der Waals surface area contributed by atoms with Gasteiger partial charge in [-0.3, -0.25) is 10.1 Å². The van der Waals surface area contributed by atoms with Gasteiger partial charge in [0.15, 0.2) is 0 Å². The molecule has 0 saturated carbocycles. The number of hydrogen-bond donors (Lipinski definition) is 1. The molecule has 1 aromatic carbocycles. The third kappa shape index (κ3) is 1.74. The van der Waals surface area contributed by atoms with Gasteiger partial charge in [-0.05, 0) is 18.6 Å². The lowest BCUT2D eigenvalue weighted by Gasteiger charge is -2.03. The van der Waals surface area contributed by atoms with Crippen LogP contribution in [0.5, 0.6) is 0 Å². The highest BCUT2D eigenvalue weighted by Gasteiger charge is 2.15. The molecule has 4 nitrogen and oxygen atoms in total. The Morgan fingerprint density at radius 1 is 1.54 bits per heavy atom. The topological polar surface area (TPSA) is 55.2 Å². The highest BCUT2D eigenvalue weighted by atomic mass is 19.1. The van der Waals surface area contributed by atoms with Gasteiger partial charge in [-0.25, -0.2) is 4.39 Å². The minimum absolute atomic E-state index is 0.245. The molecule has 0 aliphatic carbocycles. The molecule has 0 atom stereocenters. The van der Waals surface area contributed by atoms with E-state index in [-0.39, 0.29) is 5.69 Å². The Kier molecular flexibility index (Phi) is 2.46. The lowest BCUT2D eigenvalue weighted by atomic mass is 10.2. The van der Waals surface area contributed by atoms with E-state index in [1.807, 2.05) is 0 Å². The van der Waals surface area contributed by atoms with Crippen LogP contribution in [0.15, 0.2) is 12.1 Å². The molecule has 0 radical (unpaired) electrons. The summed E-state index contributed by atoms with van der Waals surface area (Å²) in [5.41, 5.74) is 0.462. The molecule has 0 aromatic heterocycles. The van der Waals surface area contributed by atoms with Crippen molar-refractivity contribution in [1.82, 2.24) is 0 Å². The summed E-state index contributed by atoms with van der Waals surface area (Å²) in [4.78, 5) is 9.83. The van der Waals surface area contributed by atoms with Gasteiger partial charge in [0.1, 0.15) is 11.5 Å². The van der Waals surface area contributed by atoms with Crippen molar-refractivity contribution in [2.75, 3.05) is 12.4 Å². The van der Waals surface area contributed by atoms with Crippen molar-refractivity contribution < 1.29 is 9.31 Å². The molecule has 1 rings (SSSR count). The van der Waals surface area contributed by atoms with E-state index in [1.165, 1.54) is 6.07 Å². The van der Waals surface area contributed by atoms with Gasteiger partial charge < -0.3 is 5.32 Å². The molecule has 0 fully saturated rings. The molecule has 70 valence electrons. The van der Waals surface area contributed by atoms with Crippen LogP contribution in [0.25, 0.3) is 0 Å². The summed E-state index contributed by atoms with van der Waals surface area (Å²) in [7, 11) is 1.56. The largest absolute Gasteiger partial charge is 0.383 e. The summed E-state index contributed by atoms with van der Waals surface area (Å²) >= 11 is 0. The first kappa shape index (κ1) is 9.44. The maximum absolute atomic E-state index is 12.9. The molecule has 0 amide bonds. The van der Waals surface area contributed by atoms with Gasteiger partial charge in [0, 0.05) is 7.05 Å². The number of nitro groups is 1. The second kappa shape index (κ2) is 3.38. The first-order chi connectivity index (χ1) is 6.06. The highest BCUT2D eigenvalue weighted by molar-refractivity contribution is 5.62. The fourth-order valence-corrected chi connectivity index (χ4v) is 1.02. The second-order valence-corrected chi connectivity index (χ2v) is 2.63. The Labute approximate surface area is 74.5 Å². The summed E-state index contributed by atoms with van der Waals surface area (Å²) < 4.78 is 12.9. The fourth-order valence-electron chi connectivity index (χ4n) is 1.02. The third-order valence-corrected chi connectivity index (χ3v) is 1.74. The van der Waals surface area contributed by atoms with Crippen LogP contribution >= 0.6 is 0 Å². The minimum atomic E-state index is -0.617. The number of anilines is 1. The van der Waals surface area contributed by atoms with Gasteiger partial charge in [0.25, 0.3) is 5.69 Å². The van der Waals surface area contributed by atoms with Gasteiger partial charge in [-0.1, -0.05) is 0 Å². The Morgan fingerprint density at radius 2 is 2.15 bits per heavy atom. The van der Waals surface area contributed by atoms with Crippen molar-refractivity contribution in [1.29, 1.82) is 0 Å². The minimum Gasteiger partial charge on any atom is -0.383 e. The van der Waals surface area contributed by atoms with Crippen LogP contribution in [0.1, 0.15) is 5.56 Å². The highest BCUT2D eigenvalue weighted by Crippen LogP contribution is 2.26. The SMILES string of the molecule is CNc1cc(C)c(F)cc1[N+](=O)[O-]. The van der Waals surface area contributed by atoms with Crippen LogP contribution in [-0.4, -0.2) is 12.0 Å². The number of rotatable bonds is 2. The van der Waals surface area contributed by atoms with Crippen LogP contribution in [0.4, 0.5) is 15.8 Å². The zero-order valence-electron chi connectivity index (χ0n) is 7.30. The fraction of sp³-hybridized carbons (Fsp3) is 0.250. The van der Waals surface area contributed by atoms with Crippen molar-refractivity contribution in [3.8, 4) is 0 Å². The molecule has 0 aliphatic heterocycles. The predicted molar refractivity (Wildman–Crippen MR) is 47.3 cm³/mol. The van der Waals surface area contributed by atoms with E-state index in [1.54, 1.807) is 14.0 Å². The summed E-state index contributed by atoms with van der Waals surface area (Å²) in [5, 5.41) is 13.1. The Bertz CT molecular complexity index is 352. The van der Waals surface area contributed by atoms with Crippen molar-refractivity contribution in [2.45, 2.75) is 6.92 Å². The van der Waals surface area contributed by atoms with Gasteiger partial charge in [0.05, 0.1) is 11.0 Å². The molecular formula is C8H9FN2O2. The maximum atomic E-state index is 12.9. The van der Waals surface area contributed by atoms with Gasteiger partial charge in [-0.2, -0.15) is 0 Å². The Hall–Kier alpha value is -1.65. The van der Waals surface area contributed by atoms with Crippen LogP contribution in [-0.2, 0) is 0 Å². The molecular weight excluding hydrogens is 175 g/mol. The summed E-state index contributed by atoms with van der Waals surface area (Å²) in [6.07, 6.45) is 0. The molecule has 0 spiro atoms. The number of halogens is 1. The Morgan fingerprint density at radius 3 is 2.62 bits per heavy atom. The zero-order chi connectivity index (χ0) is 10.0. The van der Waals surface area contributed by atoms with Crippen molar-refractivity contribution in [3.63, 3.8) is 0 Å². The number of aryl methyl sites for hydroxylation is 1. The van der Waals surface area contributed by atoms with Crippen LogP contribution in [0, 0.1) is 22.9 Å². The molecule has 1 N–H and O–H groups in total. The third-order valence-electron chi connectivity index (χ3n) is 1.74. The van der Waals surface area contributed by atoms with Crippen molar-refractivity contribution >= 4 is 11.4 Å². The second-order valence-electron chi connectivity index (χ2n) is 2.63. The van der Waals surface area contributed by atoms with E-state index in [2.05, 4.69) is 5.32 Å². The number of hydrogen-bond acceptors (Lipinski definition) is 3.